The number of hydrogen-bond donors (Lipinski definition) is 1. The standard InChI is InChI=1S/C14H17ClN2O3/c1-17-8-10(6-14(17)19)7-16-13(18)9-20-12-4-2-11(15)3-5-12/h2-5,10H,6-9H2,1H3,(H,16,18). The van der Waals surface area contributed by atoms with Crippen LogP contribution in [0.25, 0.3) is 0 Å². The average molecular weight is 297 g/mol. The normalized spacial score (nSPS) is 18.2. The Morgan fingerprint density at radius 3 is 2.75 bits per heavy atom. The first-order valence-corrected chi connectivity index (χ1v) is 6.81. The number of ether oxygens (including phenoxy) is 1. The number of amides is 2. The van der Waals surface area contributed by atoms with Crippen molar-refractivity contribution in [3.63, 3.8) is 0 Å². The first-order valence-electron chi connectivity index (χ1n) is 6.43. The Kier molecular flexibility index (Phi) is 4.84. The van der Waals surface area contributed by atoms with E-state index in [4.69, 9.17) is 16.3 Å². The number of nitrogens with zero attached hydrogens (tertiary/aromatic N) is 1. The predicted molar refractivity (Wildman–Crippen MR) is 75.7 cm³/mol. The number of benzene rings is 1. The van der Waals surface area contributed by atoms with Gasteiger partial charge < -0.3 is 15.0 Å². The quantitative estimate of drug-likeness (QED) is 0.891. The Labute approximate surface area is 122 Å². The van der Waals surface area contributed by atoms with Crippen LogP contribution in [0.5, 0.6) is 5.75 Å². The molecule has 0 spiro atoms. The summed E-state index contributed by atoms with van der Waals surface area (Å²) in [5.74, 6) is 0.718. The van der Waals surface area contributed by atoms with E-state index in [-0.39, 0.29) is 24.3 Å². The van der Waals surface area contributed by atoms with Crippen LogP contribution in [0.3, 0.4) is 0 Å². The molecule has 6 heteroatoms. The fourth-order valence-corrected chi connectivity index (χ4v) is 2.21. The molecule has 0 aliphatic carbocycles. The van der Waals surface area contributed by atoms with Crippen molar-refractivity contribution in [1.29, 1.82) is 0 Å². The molecule has 0 radical (unpaired) electrons. The van der Waals surface area contributed by atoms with Crippen LogP contribution in [-0.2, 0) is 9.59 Å². The molecular weight excluding hydrogens is 280 g/mol. The minimum atomic E-state index is -0.193. The highest BCUT2D eigenvalue weighted by Gasteiger charge is 2.26. The number of carbonyl (C=O) groups excluding carboxylic acids is 2. The van der Waals surface area contributed by atoms with Gasteiger partial charge in [-0.25, -0.2) is 0 Å². The molecule has 1 unspecified atom stereocenters. The van der Waals surface area contributed by atoms with Crippen LogP contribution in [0.4, 0.5) is 0 Å². The summed E-state index contributed by atoms with van der Waals surface area (Å²) >= 11 is 5.75. The third kappa shape index (κ3) is 4.13. The van der Waals surface area contributed by atoms with Crippen molar-refractivity contribution in [3.05, 3.63) is 29.3 Å². The topological polar surface area (TPSA) is 58.6 Å². The van der Waals surface area contributed by atoms with Crippen molar-refractivity contribution < 1.29 is 14.3 Å². The summed E-state index contributed by atoms with van der Waals surface area (Å²) in [5.41, 5.74) is 0. The van der Waals surface area contributed by atoms with E-state index in [1.54, 1.807) is 36.2 Å². The summed E-state index contributed by atoms with van der Waals surface area (Å²) in [7, 11) is 1.77. The van der Waals surface area contributed by atoms with Gasteiger partial charge in [0.25, 0.3) is 5.91 Å². The zero-order valence-corrected chi connectivity index (χ0v) is 12.0. The van der Waals surface area contributed by atoms with Gasteiger partial charge in [-0.15, -0.1) is 0 Å². The maximum atomic E-state index is 11.6. The van der Waals surface area contributed by atoms with Gasteiger partial charge in [-0.05, 0) is 24.3 Å². The highest BCUT2D eigenvalue weighted by Crippen LogP contribution is 2.16. The maximum absolute atomic E-state index is 11.6. The van der Waals surface area contributed by atoms with Crippen LogP contribution in [0.15, 0.2) is 24.3 Å². The van der Waals surface area contributed by atoms with E-state index in [1.807, 2.05) is 0 Å². The minimum absolute atomic E-state index is 0.0435. The van der Waals surface area contributed by atoms with Gasteiger partial charge in [0.2, 0.25) is 5.91 Å². The third-order valence-corrected chi connectivity index (χ3v) is 3.44. The molecule has 1 aromatic rings. The van der Waals surface area contributed by atoms with Gasteiger partial charge in [0, 0.05) is 37.5 Å². The Morgan fingerprint density at radius 1 is 1.45 bits per heavy atom. The second-order valence-electron chi connectivity index (χ2n) is 4.89. The molecule has 108 valence electrons. The molecule has 20 heavy (non-hydrogen) atoms. The highest BCUT2D eigenvalue weighted by atomic mass is 35.5. The summed E-state index contributed by atoms with van der Waals surface area (Å²) in [6.45, 7) is 1.15. The molecule has 1 saturated heterocycles. The summed E-state index contributed by atoms with van der Waals surface area (Å²) < 4.78 is 5.33. The fraction of sp³-hybridized carbons (Fsp3) is 0.429. The molecule has 1 atom stereocenters. The third-order valence-electron chi connectivity index (χ3n) is 3.19. The second kappa shape index (κ2) is 6.61. The summed E-state index contributed by atoms with van der Waals surface area (Å²) in [6.07, 6.45) is 0.495. The summed E-state index contributed by atoms with van der Waals surface area (Å²) in [6, 6.07) is 6.82. The molecule has 1 heterocycles. The van der Waals surface area contributed by atoms with Crippen molar-refractivity contribution in [2.75, 3.05) is 26.7 Å². The lowest BCUT2D eigenvalue weighted by Crippen LogP contribution is -2.33. The number of carbonyl (C=O) groups is 2. The SMILES string of the molecule is CN1CC(CNC(=O)COc2ccc(Cl)cc2)CC1=O. The monoisotopic (exact) mass is 296 g/mol. The molecule has 1 fully saturated rings. The number of rotatable bonds is 5. The second-order valence-corrected chi connectivity index (χ2v) is 5.33. The first-order chi connectivity index (χ1) is 9.54. The number of likely N-dealkylation sites (tertiary alicyclic amines) is 1. The van der Waals surface area contributed by atoms with Crippen LogP contribution in [0.1, 0.15) is 6.42 Å². The van der Waals surface area contributed by atoms with Crippen molar-refractivity contribution >= 4 is 23.4 Å². The van der Waals surface area contributed by atoms with Gasteiger partial charge in [0.05, 0.1) is 0 Å². The van der Waals surface area contributed by atoms with Crippen LogP contribution in [-0.4, -0.2) is 43.5 Å². The number of hydrogen-bond acceptors (Lipinski definition) is 3. The molecule has 5 nitrogen and oxygen atoms in total. The van der Waals surface area contributed by atoms with Crippen LogP contribution < -0.4 is 10.1 Å². The van der Waals surface area contributed by atoms with Gasteiger partial charge in [0.1, 0.15) is 5.75 Å². The van der Waals surface area contributed by atoms with E-state index in [1.165, 1.54) is 0 Å². The lowest BCUT2D eigenvalue weighted by Gasteiger charge is -2.12. The molecule has 0 saturated carbocycles. The van der Waals surface area contributed by atoms with Crippen molar-refractivity contribution in [2.45, 2.75) is 6.42 Å². The molecule has 1 aromatic carbocycles. The van der Waals surface area contributed by atoms with Gasteiger partial charge in [-0.1, -0.05) is 11.6 Å². The van der Waals surface area contributed by atoms with Crippen molar-refractivity contribution in [3.8, 4) is 5.75 Å². The average Bonchev–Trinajstić information content (AvgIpc) is 2.75. The molecular formula is C14H17ClN2O3. The van der Waals surface area contributed by atoms with E-state index >= 15 is 0 Å². The summed E-state index contributed by atoms with van der Waals surface area (Å²) in [4.78, 5) is 24.7. The zero-order chi connectivity index (χ0) is 14.5. The largest absolute Gasteiger partial charge is 0.484 e. The molecule has 1 N–H and O–H groups in total. The van der Waals surface area contributed by atoms with Gasteiger partial charge >= 0.3 is 0 Å². The number of halogens is 1. The predicted octanol–water partition coefficient (Wildman–Crippen LogP) is 1.31. The van der Waals surface area contributed by atoms with Crippen molar-refractivity contribution in [1.82, 2.24) is 10.2 Å². The van der Waals surface area contributed by atoms with Gasteiger partial charge in [-0.3, -0.25) is 9.59 Å². The Hall–Kier alpha value is -1.75. The van der Waals surface area contributed by atoms with Crippen LogP contribution in [0, 0.1) is 5.92 Å². The summed E-state index contributed by atoms with van der Waals surface area (Å²) in [5, 5.41) is 3.40. The maximum Gasteiger partial charge on any atom is 0.257 e. The number of nitrogens with one attached hydrogen (secondary N) is 1. The van der Waals surface area contributed by atoms with E-state index in [0.717, 1.165) is 0 Å². The van der Waals surface area contributed by atoms with Crippen LogP contribution >= 0.6 is 11.6 Å². The Balaban J connectivity index is 1.68. The smallest absolute Gasteiger partial charge is 0.257 e. The zero-order valence-electron chi connectivity index (χ0n) is 11.3. The van der Waals surface area contributed by atoms with E-state index in [2.05, 4.69) is 5.32 Å². The van der Waals surface area contributed by atoms with Gasteiger partial charge in [-0.2, -0.15) is 0 Å². The molecule has 2 rings (SSSR count). The Bertz CT molecular complexity index is 490. The van der Waals surface area contributed by atoms with Crippen molar-refractivity contribution in [2.24, 2.45) is 5.92 Å². The molecule has 0 aromatic heterocycles. The molecule has 1 aliphatic rings. The molecule has 2 amide bonds. The van der Waals surface area contributed by atoms with Crippen LogP contribution in [0.2, 0.25) is 5.02 Å². The Morgan fingerprint density at radius 2 is 2.15 bits per heavy atom. The van der Waals surface area contributed by atoms with E-state index in [0.29, 0.717) is 30.3 Å². The van der Waals surface area contributed by atoms with Gasteiger partial charge in [0.15, 0.2) is 6.61 Å². The first kappa shape index (κ1) is 14.7. The lowest BCUT2D eigenvalue weighted by atomic mass is 10.1. The molecule has 1 aliphatic heterocycles. The molecule has 0 bridgehead atoms. The van der Waals surface area contributed by atoms with E-state index in [9.17, 15) is 9.59 Å². The minimum Gasteiger partial charge on any atom is -0.484 e. The lowest BCUT2D eigenvalue weighted by molar-refractivity contribution is -0.126. The fourth-order valence-electron chi connectivity index (χ4n) is 2.08. The highest BCUT2D eigenvalue weighted by molar-refractivity contribution is 6.30. The van der Waals surface area contributed by atoms with E-state index < -0.39 is 0 Å².